The van der Waals surface area contributed by atoms with Crippen LogP contribution in [0.3, 0.4) is 0 Å². The van der Waals surface area contributed by atoms with Crippen LogP contribution in [0, 0.1) is 5.82 Å². The minimum atomic E-state index is -0.633. The lowest BCUT2D eigenvalue weighted by Gasteiger charge is -2.02. The summed E-state index contributed by atoms with van der Waals surface area (Å²) in [5.74, 6) is 0.238. The molecule has 2 aromatic heterocycles. The molecule has 0 aliphatic carbocycles. The number of benzene rings is 2. The van der Waals surface area contributed by atoms with Crippen molar-refractivity contribution < 1.29 is 22.8 Å². The summed E-state index contributed by atoms with van der Waals surface area (Å²) in [6, 6.07) is 11.0. The molecule has 2 heterocycles. The number of methoxy groups -OCH3 is 2. The second-order valence-corrected chi connectivity index (χ2v) is 5.62. The number of hydrogen-bond acceptors (Lipinski definition) is 7. The Bertz CT molecular complexity index is 1200. The van der Waals surface area contributed by atoms with Crippen LogP contribution in [0.2, 0.25) is 0 Å². The van der Waals surface area contributed by atoms with Gasteiger partial charge in [0.25, 0.3) is 5.89 Å². The molecule has 0 radical (unpaired) electrons. The number of ether oxygens (including phenoxy) is 2. The molecule has 7 nitrogen and oxygen atoms in total. The Labute approximate surface area is 152 Å². The summed E-state index contributed by atoms with van der Waals surface area (Å²) in [6.45, 7) is 0. The van der Waals surface area contributed by atoms with Gasteiger partial charge in [-0.3, -0.25) is 0 Å². The predicted molar refractivity (Wildman–Crippen MR) is 94.3 cm³/mol. The van der Waals surface area contributed by atoms with E-state index in [1.54, 1.807) is 30.3 Å². The Kier molecular flexibility index (Phi) is 4.08. The smallest absolute Gasteiger partial charge is 0.349 e. The third-order valence-corrected chi connectivity index (χ3v) is 4.01. The highest BCUT2D eigenvalue weighted by atomic mass is 19.1. The molecular weight excluding hydrogens is 355 g/mol. The van der Waals surface area contributed by atoms with Crippen molar-refractivity contribution in [3.8, 4) is 34.3 Å². The van der Waals surface area contributed by atoms with Gasteiger partial charge in [-0.05, 0) is 36.4 Å². The molecule has 2 aromatic carbocycles. The second-order valence-electron chi connectivity index (χ2n) is 5.62. The van der Waals surface area contributed by atoms with Crippen molar-refractivity contribution in [3.63, 3.8) is 0 Å². The molecule has 0 bridgehead atoms. The molecule has 8 heteroatoms. The fraction of sp³-hybridized carbons (Fsp3) is 0.105. The van der Waals surface area contributed by atoms with Crippen molar-refractivity contribution in [2.75, 3.05) is 14.2 Å². The summed E-state index contributed by atoms with van der Waals surface area (Å²) in [6.07, 6.45) is 0. The maximum Gasteiger partial charge on any atom is 0.349 e. The lowest BCUT2D eigenvalue weighted by atomic mass is 10.1. The number of rotatable bonds is 4. The third kappa shape index (κ3) is 3.01. The van der Waals surface area contributed by atoms with E-state index in [1.165, 1.54) is 26.4 Å². The maximum absolute atomic E-state index is 13.9. The molecule has 0 unspecified atom stereocenters. The summed E-state index contributed by atoms with van der Waals surface area (Å²) in [7, 11) is 2.90. The maximum atomic E-state index is 13.9. The Morgan fingerprint density at radius 1 is 1.04 bits per heavy atom. The Balaban J connectivity index is 1.75. The van der Waals surface area contributed by atoms with Gasteiger partial charge >= 0.3 is 5.63 Å². The van der Waals surface area contributed by atoms with Crippen molar-refractivity contribution >= 4 is 11.0 Å². The first-order valence-electron chi connectivity index (χ1n) is 7.89. The zero-order valence-electron chi connectivity index (χ0n) is 14.4. The van der Waals surface area contributed by atoms with Gasteiger partial charge < -0.3 is 18.4 Å². The number of halogens is 1. The standard InChI is InChI=1S/C19H13FN2O5/c1-24-12-5-3-10-7-13(19(23)26-16(10)9-12)18-21-17(22-27-18)11-4-6-15(25-2)14(20)8-11/h3-9H,1-2H3. The van der Waals surface area contributed by atoms with Crippen LogP contribution in [0.1, 0.15) is 0 Å². The van der Waals surface area contributed by atoms with Crippen LogP contribution >= 0.6 is 0 Å². The molecule has 0 saturated carbocycles. The SMILES string of the molecule is COc1ccc2cc(-c3nc(-c4ccc(OC)c(F)c4)no3)c(=O)oc2c1. The van der Waals surface area contributed by atoms with Gasteiger partial charge in [0.1, 0.15) is 16.9 Å². The largest absolute Gasteiger partial charge is 0.497 e. The van der Waals surface area contributed by atoms with E-state index in [0.29, 0.717) is 22.3 Å². The van der Waals surface area contributed by atoms with Crippen LogP contribution in [-0.2, 0) is 0 Å². The molecule has 0 spiro atoms. The summed E-state index contributed by atoms with van der Waals surface area (Å²) in [5, 5.41) is 4.48. The zero-order valence-corrected chi connectivity index (χ0v) is 14.4. The van der Waals surface area contributed by atoms with E-state index in [9.17, 15) is 9.18 Å². The monoisotopic (exact) mass is 368 g/mol. The molecule has 4 rings (SSSR count). The number of hydrogen-bond donors (Lipinski definition) is 0. The van der Waals surface area contributed by atoms with E-state index in [-0.39, 0.29) is 23.0 Å². The van der Waals surface area contributed by atoms with Crippen LogP contribution in [-0.4, -0.2) is 24.4 Å². The molecule has 0 saturated heterocycles. The van der Waals surface area contributed by atoms with Gasteiger partial charge in [0, 0.05) is 17.0 Å². The van der Waals surface area contributed by atoms with Crippen LogP contribution in [0.15, 0.2) is 56.2 Å². The van der Waals surface area contributed by atoms with Crippen LogP contribution in [0.4, 0.5) is 4.39 Å². The average Bonchev–Trinajstić information content (AvgIpc) is 3.16. The minimum Gasteiger partial charge on any atom is -0.497 e. The number of nitrogens with zero attached hydrogens (tertiary/aromatic N) is 2. The Morgan fingerprint density at radius 3 is 2.63 bits per heavy atom. The molecular formula is C19H13FN2O5. The van der Waals surface area contributed by atoms with Gasteiger partial charge in [0.2, 0.25) is 5.82 Å². The Morgan fingerprint density at radius 2 is 1.89 bits per heavy atom. The summed E-state index contributed by atoms with van der Waals surface area (Å²) >= 11 is 0. The molecule has 0 aliphatic rings. The van der Waals surface area contributed by atoms with E-state index >= 15 is 0 Å². The molecule has 0 N–H and O–H groups in total. The average molecular weight is 368 g/mol. The van der Waals surface area contributed by atoms with E-state index in [0.717, 1.165) is 0 Å². The van der Waals surface area contributed by atoms with Crippen molar-refractivity contribution in [1.29, 1.82) is 0 Å². The van der Waals surface area contributed by atoms with E-state index < -0.39 is 11.4 Å². The van der Waals surface area contributed by atoms with Crippen LogP contribution in [0.25, 0.3) is 33.8 Å². The predicted octanol–water partition coefficient (Wildman–Crippen LogP) is 3.67. The van der Waals surface area contributed by atoms with Gasteiger partial charge in [0.15, 0.2) is 11.6 Å². The van der Waals surface area contributed by atoms with Crippen molar-refractivity contribution in [2.45, 2.75) is 0 Å². The normalized spacial score (nSPS) is 10.9. The van der Waals surface area contributed by atoms with Gasteiger partial charge in [0.05, 0.1) is 14.2 Å². The fourth-order valence-corrected chi connectivity index (χ4v) is 2.62. The topological polar surface area (TPSA) is 87.6 Å². The molecule has 136 valence electrons. The highest BCUT2D eigenvalue weighted by Crippen LogP contribution is 2.27. The first-order valence-corrected chi connectivity index (χ1v) is 7.89. The number of fused-ring (bicyclic) bond motifs is 1. The summed E-state index contributed by atoms with van der Waals surface area (Å²) in [4.78, 5) is 16.5. The van der Waals surface area contributed by atoms with E-state index in [1.807, 2.05) is 0 Å². The molecule has 0 amide bonds. The molecule has 27 heavy (non-hydrogen) atoms. The fourth-order valence-electron chi connectivity index (χ4n) is 2.62. The molecule has 0 aliphatic heterocycles. The Hall–Kier alpha value is -3.68. The van der Waals surface area contributed by atoms with Crippen molar-refractivity contribution in [2.24, 2.45) is 0 Å². The van der Waals surface area contributed by atoms with Crippen LogP contribution in [0.5, 0.6) is 11.5 Å². The molecule has 0 atom stereocenters. The highest BCUT2D eigenvalue weighted by Gasteiger charge is 2.17. The quantitative estimate of drug-likeness (QED) is 0.508. The lowest BCUT2D eigenvalue weighted by molar-refractivity contribution is 0.386. The van der Waals surface area contributed by atoms with Gasteiger partial charge in [-0.2, -0.15) is 4.98 Å². The van der Waals surface area contributed by atoms with E-state index in [4.69, 9.17) is 18.4 Å². The third-order valence-electron chi connectivity index (χ3n) is 4.01. The van der Waals surface area contributed by atoms with Gasteiger partial charge in [-0.25, -0.2) is 9.18 Å². The van der Waals surface area contributed by atoms with Gasteiger partial charge in [-0.1, -0.05) is 5.16 Å². The lowest BCUT2D eigenvalue weighted by Crippen LogP contribution is -2.03. The van der Waals surface area contributed by atoms with Crippen molar-refractivity contribution in [1.82, 2.24) is 10.1 Å². The van der Waals surface area contributed by atoms with E-state index in [2.05, 4.69) is 10.1 Å². The molecule has 0 fully saturated rings. The minimum absolute atomic E-state index is 0.0207. The summed E-state index contributed by atoms with van der Waals surface area (Å²) < 4.78 is 34.4. The zero-order chi connectivity index (χ0) is 19.0. The summed E-state index contributed by atoms with van der Waals surface area (Å²) in [5.41, 5.74) is 0.241. The number of aromatic nitrogens is 2. The van der Waals surface area contributed by atoms with Crippen molar-refractivity contribution in [3.05, 3.63) is 58.7 Å². The molecule has 4 aromatic rings. The van der Waals surface area contributed by atoms with Crippen LogP contribution < -0.4 is 15.1 Å². The highest BCUT2D eigenvalue weighted by molar-refractivity contribution is 5.81. The first kappa shape index (κ1) is 16.8. The van der Waals surface area contributed by atoms with Gasteiger partial charge in [-0.15, -0.1) is 0 Å². The first-order chi connectivity index (χ1) is 13.1. The second kappa shape index (κ2) is 6.56.